The van der Waals surface area contributed by atoms with Gasteiger partial charge in [-0.2, -0.15) is 0 Å². The first-order valence-electron chi connectivity index (χ1n) is 8.48. The van der Waals surface area contributed by atoms with Crippen molar-refractivity contribution in [3.05, 3.63) is 54.4 Å². The Morgan fingerprint density at radius 1 is 1.36 bits per heavy atom. The fourth-order valence-electron chi connectivity index (χ4n) is 3.03. The molecule has 25 heavy (non-hydrogen) atoms. The second-order valence-corrected chi connectivity index (χ2v) is 6.17. The van der Waals surface area contributed by atoms with E-state index in [4.69, 9.17) is 4.74 Å². The number of aliphatic imine (C=N–C) groups is 1. The summed E-state index contributed by atoms with van der Waals surface area (Å²) in [6.07, 6.45) is 5.47. The van der Waals surface area contributed by atoms with Crippen LogP contribution in [-0.4, -0.2) is 53.2 Å². The lowest BCUT2D eigenvalue weighted by Crippen LogP contribution is -2.51. The van der Waals surface area contributed by atoms with E-state index in [1.165, 1.54) is 12.1 Å². The number of aromatic nitrogens is 2. The molecule has 2 unspecified atom stereocenters. The molecule has 6 nitrogen and oxygen atoms in total. The summed E-state index contributed by atoms with van der Waals surface area (Å²) >= 11 is 0. The number of guanidine groups is 1. The summed E-state index contributed by atoms with van der Waals surface area (Å²) in [7, 11) is 1.78. The fourth-order valence-corrected chi connectivity index (χ4v) is 3.03. The third kappa shape index (κ3) is 4.57. The Labute approximate surface area is 147 Å². The molecule has 7 heteroatoms. The second-order valence-electron chi connectivity index (χ2n) is 6.17. The standard InChI is InChI=1S/C18H24FN5O/c1-14-11-24(12-17(25-14)15-3-5-16(19)6-4-15)18(20-2)22-8-10-23-9-7-21-13-23/h3-7,9,13-14,17H,8,10-12H2,1-2H3,(H,20,22). The molecule has 134 valence electrons. The fraction of sp³-hybridized carbons (Fsp3) is 0.444. The molecule has 0 aliphatic carbocycles. The zero-order valence-corrected chi connectivity index (χ0v) is 14.6. The van der Waals surface area contributed by atoms with Gasteiger partial charge in [-0.1, -0.05) is 12.1 Å². The van der Waals surface area contributed by atoms with Crippen LogP contribution >= 0.6 is 0 Å². The molecule has 1 aromatic carbocycles. The smallest absolute Gasteiger partial charge is 0.193 e. The predicted molar refractivity (Wildman–Crippen MR) is 94.8 cm³/mol. The molecule has 1 aromatic heterocycles. The summed E-state index contributed by atoms with van der Waals surface area (Å²) in [6.45, 7) is 5.07. The van der Waals surface area contributed by atoms with E-state index in [1.807, 2.05) is 17.7 Å². The van der Waals surface area contributed by atoms with Crippen molar-refractivity contribution < 1.29 is 9.13 Å². The minimum Gasteiger partial charge on any atom is -0.367 e. The first-order valence-corrected chi connectivity index (χ1v) is 8.48. The van der Waals surface area contributed by atoms with Crippen molar-refractivity contribution in [1.82, 2.24) is 19.8 Å². The number of nitrogens with one attached hydrogen (secondary N) is 1. The molecule has 2 atom stereocenters. The van der Waals surface area contributed by atoms with Crippen LogP contribution in [0.25, 0.3) is 0 Å². The third-order valence-electron chi connectivity index (χ3n) is 4.23. The molecule has 1 aliphatic heterocycles. The molecule has 1 aliphatic rings. The molecule has 0 spiro atoms. The Hall–Kier alpha value is -2.41. The summed E-state index contributed by atoms with van der Waals surface area (Å²) in [5.74, 6) is 0.615. The first kappa shape index (κ1) is 17.4. The summed E-state index contributed by atoms with van der Waals surface area (Å²) in [5.41, 5.74) is 0.979. The van der Waals surface area contributed by atoms with Gasteiger partial charge in [0.25, 0.3) is 0 Å². The largest absolute Gasteiger partial charge is 0.367 e. The van der Waals surface area contributed by atoms with Gasteiger partial charge in [0.05, 0.1) is 19.0 Å². The molecule has 0 radical (unpaired) electrons. The van der Waals surface area contributed by atoms with Crippen molar-refractivity contribution >= 4 is 5.96 Å². The van der Waals surface area contributed by atoms with Gasteiger partial charge in [0.1, 0.15) is 11.9 Å². The summed E-state index contributed by atoms with van der Waals surface area (Å²) in [4.78, 5) is 10.6. The van der Waals surface area contributed by atoms with Gasteiger partial charge in [0.2, 0.25) is 0 Å². The number of halogens is 1. The van der Waals surface area contributed by atoms with Crippen LogP contribution in [0, 0.1) is 5.82 Å². The van der Waals surface area contributed by atoms with Gasteiger partial charge in [0.15, 0.2) is 5.96 Å². The van der Waals surface area contributed by atoms with E-state index in [-0.39, 0.29) is 18.0 Å². The van der Waals surface area contributed by atoms with Gasteiger partial charge in [-0.15, -0.1) is 0 Å². The van der Waals surface area contributed by atoms with Crippen LogP contribution < -0.4 is 5.32 Å². The Morgan fingerprint density at radius 2 is 2.16 bits per heavy atom. The third-order valence-corrected chi connectivity index (χ3v) is 4.23. The Kier molecular flexibility index (Phi) is 5.65. The van der Waals surface area contributed by atoms with Gasteiger partial charge in [0, 0.05) is 39.1 Å². The molecule has 3 rings (SSSR count). The molecule has 1 saturated heterocycles. The molecule has 1 N–H and O–H groups in total. The van der Waals surface area contributed by atoms with Crippen LogP contribution in [0.1, 0.15) is 18.6 Å². The maximum absolute atomic E-state index is 13.2. The van der Waals surface area contributed by atoms with E-state index in [9.17, 15) is 4.39 Å². The molecule has 2 heterocycles. The zero-order valence-electron chi connectivity index (χ0n) is 14.6. The maximum Gasteiger partial charge on any atom is 0.193 e. The Balaban J connectivity index is 1.61. The number of ether oxygens (including phenoxy) is 1. The molecular weight excluding hydrogens is 321 g/mol. The molecule has 0 saturated carbocycles. The predicted octanol–water partition coefficient (Wildman–Crippen LogP) is 2.06. The number of morpholine rings is 1. The summed E-state index contributed by atoms with van der Waals surface area (Å²) in [6, 6.07) is 6.51. The zero-order chi connectivity index (χ0) is 17.6. The highest BCUT2D eigenvalue weighted by Crippen LogP contribution is 2.25. The number of nitrogens with zero attached hydrogens (tertiary/aromatic N) is 4. The monoisotopic (exact) mass is 345 g/mol. The van der Waals surface area contributed by atoms with E-state index in [0.29, 0.717) is 6.54 Å². The molecule has 1 fully saturated rings. The summed E-state index contributed by atoms with van der Waals surface area (Å²) in [5, 5.41) is 3.39. The van der Waals surface area contributed by atoms with Crippen LogP contribution in [0.4, 0.5) is 4.39 Å². The normalized spacial score (nSPS) is 21.4. The lowest BCUT2D eigenvalue weighted by atomic mass is 10.1. The average Bonchev–Trinajstić information content (AvgIpc) is 3.12. The van der Waals surface area contributed by atoms with Gasteiger partial charge < -0.3 is 19.5 Å². The van der Waals surface area contributed by atoms with Crippen LogP contribution in [0.15, 0.2) is 48.0 Å². The number of hydrogen-bond acceptors (Lipinski definition) is 3. The first-order chi connectivity index (χ1) is 12.2. The van der Waals surface area contributed by atoms with Gasteiger partial charge in [-0.05, 0) is 24.6 Å². The van der Waals surface area contributed by atoms with Gasteiger partial charge in [-0.25, -0.2) is 9.37 Å². The number of rotatable bonds is 4. The van der Waals surface area contributed by atoms with Gasteiger partial charge >= 0.3 is 0 Å². The quantitative estimate of drug-likeness (QED) is 0.681. The Morgan fingerprint density at radius 3 is 2.84 bits per heavy atom. The van der Waals surface area contributed by atoms with E-state index in [1.54, 1.807) is 31.7 Å². The van der Waals surface area contributed by atoms with Crippen molar-refractivity contribution in [2.24, 2.45) is 4.99 Å². The number of imidazole rings is 1. The van der Waals surface area contributed by atoms with Crippen molar-refractivity contribution in [3.8, 4) is 0 Å². The van der Waals surface area contributed by atoms with Crippen molar-refractivity contribution in [2.75, 3.05) is 26.7 Å². The maximum atomic E-state index is 13.2. The van der Waals surface area contributed by atoms with Crippen molar-refractivity contribution in [1.29, 1.82) is 0 Å². The average molecular weight is 345 g/mol. The van der Waals surface area contributed by atoms with Crippen LogP contribution in [-0.2, 0) is 11.3 Å². The topological polar surface area (TPSA) is 54.7 Å². The van der Waals surface area contributed by atoms with E-state index in [0.717, 1.165) is 31.2 Å². The van der Waals surface area contributed by atoms with E-state index < -0.39 is 0 Å². The van der Waals surface area contributed by atoms with Crippen LogP contribution in [0.2, 0.25) is 0 Å². The molecule has 2 aromatic rings. The minimum atomic E-state index is -0.235. The lowest BCUT2D eigenvalue weighted by molar-refractivity contribution is -0.0605. The van der Waals surface area contributed by atoms with E-state index >= 15 is 0 Å². The van der Waals surface area contributed by atoms with Crippen molar-refractivity contribution in [3.63, 3.8) is 0 Å². The SMILES string of the molecule is CN=C(NCCn1ccnc1)N1CC(C)OC(c2ccc(F)cc2)C1. The molecule has 0 bridgehead atoms. The van der Waals surface area contributed by atoms with Crippen LogP contribution in [0.5, 0.6) is 0 Å². The number of benzene rings is 1. The number of hydrogen-bond donors (Lipinski definition) is 1. The van der Waals surface area contributed by atoms with Gasteiger partial charge in [-0.3, -0.25) is 4.99 Å². The second kappa shape index (κ2) is 8.11. The molecular formula is C18H24FN5O. The van der Waals surface area contributed by atoms with E-state index in [2.05, 4.69) is 20.2 Å². The summed E-state index contributed by atoms with van der Waals surface area (Å²) < 4.78 is 21.2. The highest BCUT2D eigenvalue weighted by molar-refractivity contribution is 5.80. The minimum absolute atomic E-state index is 0.0657. The highest BCUT2D eigenvalue weighted by atomic mass is 19.1. The van der Waals surface area contributed by atoms with Crippen LogP contribution in [0.3, 0.4) is 0 Å². The Bertz CT molecular complexity index is 686. The molecule has 0 amide bonds. The van der Waals surface area contributed by atoms with Crippen molar-refractivity contribution in [2.45, 2.75) is 25.7 Å². The highest BCUT2D eigenvalue weighted by Gasteiger charge is 2.28. The lowest BCUT2D eigenvalue weighted by Gasteiger charge is -2.38.